The van der Waals surface area contributed by atoms with E-state index in [1.54, 1.807) is 12.1 Å². The highest BCUT2D eigenvalue weighted by Gasteiger charge is 2.20. The van der Waals surface area contributed by atoms with Gasteiger partial charge in [-0.15, -0.1) is 0 Å². The van der Waals surface area contributed by atoms with E-state index in [4.69, 9.17) is 21.1 Å². The van der Waals surface area contributed by atoms with Gasteiger partial charge in [0, 0.05) is 5.02 Å². The summed E-state index contributed by atoms with van der Waals surface area (Å²) in [4.78, 5) is 12.0. The highest BCUT2D eigenvalue weighted by Crippen LogP contribution is 2.30. The summed E-state index contributed by atoms with van der Waals surface area (Å²) in [6.07, 6.45) is 0.114. The van der Waals surface area contributed by atoms with Crippen LogP contribution >= 0.6 is 11.6 Å². The van der Waals surface area contributed by atoms with E-state index in [9.17, 15) is 4.79 Å². The third-order valence-corrected chi connectivity index (χ3v) is 3.58. The SMILES string of the molecule is O=C(Cc1cccc(Cl)c1)NC[C@@H]1COc2ccccc2O1. The van der Waals surface area contributed by atoms with Gasteiger partial charge in [-0.2, -0.15) is 0 Å². The molecule has 0 aliphatic carbocycles. The number of fused-ring (bicyclic) bond motifs is 1. The predicted molar refractivity (Wildman–Crippen MR) is 84.5 cm³/mol. The summed E-state index contributed by atoms with van der Waals surface area (Å²) in [5.41, 5.74) is 0.885. The number of carbonyl (C=O) groups excluding carboxylic acids is 1. The first-order chi connectivity index (χ1) is 10.7. The highest BCUT2D eigenvalue weighted by atomic mass is 35.5. The lowest BCUT2D eigenvalue weighted by Crippen LogP contribution is -2.41. The number of hydrogen-bond acceptors (Lipinski definition) is 3. The van der Waals surface area contributed by atoms with Crippen molar-refractivity contribution in [1.82, 2.24) is 5.32 Å². The quantitative estimate of drug-likeness (QED) is 0.943. The Bertz CT molecular complexity index is 674. The molecule has 0 spiro atoms. The molecule has 4 nitrogen and oxygen atoms in total. The van der Waals surface area contributed by atoms with Crippen molar-refractivity contribution in [3.8, 4) is 11.5 Å². The molecule has 2 aromatic carbocycles. The van der Waals surface area contributed by atoms with E-state index in [-0.39, 0.29) is 12.0 Å². The third-order valence-electron chi connectivity index (χ3n) is 3.35. The fraction of sp³-hybridized carbons (Fsp3) is 0.235. The van der Waals surface area contributed by atoms with E-state index >= 15 is 0 Å². The van der Waals surface area contributed by atoms with Crippen molar-refractivity contribution in [3.63, 3.8) is 0 Å². The average Bonchev–Trinajstić information content (AvgIpc) is 2.53. The summed E-state index contributed by atoms with van der Waals surface area (Å²) in [5.74, 6) is 1.39. The normalized spacial score (nSPS) is 16.1. The van der Waals surface area contributed by atoms with Gasteiger partial charge in [-0.3, -0.25) is 4.79 Å². The van der Waals surface area contributed by atoms with Crippen LogP contribution in [0.15, 0.2) is 48.5 Å². The monoisotopic (exact) mass is 317 g/mol. The number of ether oxygens (including phenoxy) is 2. The summed E-state index contributed by atoms with van der Waals surface area (Å²) in [6, 6.07) is 14.8. The molecular formula is C17H16ClNO3. The molecule has 22 heavy (non-hydrogen) atoms. The number of nitrogens with one attached hydrogen (secondary N) is 1. The second-order valence-electron chi connectivity index (χ2n) is 5.11. The van der Waals surface area contributed by atoms with E-state index in [0.29, 0.717) is 30.3 Å². The van der Waals surface area contributed by atoms with Crippen LogP contribution in [-0.2, 0) is 11.2 Å². The number of para-hydroxylation sites is 2. The summed E-state index contributed by atoms with van der Waals surface area (Å²) >= 11 is 5.91. The van der Waals surface area contributed by atoms with Crippen LogP contribution in [0.4, 0.5) is 0 Å². The first-order valence-corrected chi connectivity index (χ1v) is 7.48. The lowest BCUT2D eigenvalue weighted by Gasteiger charge is -2.26. The topological polar surface area (TPSA) is 47.6 Å². The van der Waals surface area contributed by atoms with Gasteiger partial charge in [0.25, 0.3) is 0 Å². The van der Waals surface area contributed by atoms with Gasteiger partial charge in [0.2, 0.25) is 5.91 Å². The zero-order valence-corrected chi connectivity index (χ0v) is 12.7. The zero-order chi connectivity index (χ0) is 15.4. The van der Waals surface area contributed by atoms with Crippen LogP contribution in [0.2, 0.25) is 5.02 Å². The van der Waals surface area contributed by atoms with Gasteiger partial charge in [-0.1, -0.05) is 35.9 Å². The maximum Gasteiger partial charge on any atom is 0.224 e. The van der Waals surface area contributed by atoms with Crippen molar-refractivity contribution in [1.29, 1.82) is 0 Å². The summed E-state index contributed by atoms with van der Waals surface area (Å²) in [6.45, 7) is 0.836. The lowest BCUT2D eigenvalue weighted by molar-refractivity contribution is -0.120. The van der Waals surface area contributed by atoms with E-state index in [0.717, 1.165) is 11.3 Å². The fourth-order valence-electron chi connectivity index (χ4n) is 2.29. The molecule has 114 valence electrons. The van der Waals surface area contributed by atoms with Crippen LogP contribution in [0.3, 0.4) is 0 Å². The van der Waals surface area contributed by atoms with Crippen molar-refractivity contribution in [2.24, 2.45) is 0 Å². The third kappa shape index (κ3) is 3.71. The lowest BCUT2D eigenvalue weighted by atomic mass is 10.1. The first kappa shape index (κ1) is 14.7. The standard InChI is InChI=1S/C17H16ClNO3/c18-13-5-3-4-12(8-13)9-17(20)19-10-14-11-21-15-6-1-2-7-16(15)22-14/h1-8,14H,9-11H2,(H,19,20)/t14-/m1/s1. The molecule has 0 saturated heterocycles. The first-order valence-electron chi connectivity index (χ1n) is 7.10. The molecule has 1 N–H and O–H groups in total. The molecule has 2 aromatic rings. The molecule has 5 heteroatoms. The highest BCUT2D eigenvalue weighted by molar-refractivity contribution is 6.30. The van der Waals surface area contributed by atoms with Gasteiger partial charge >= 0.3 is 0 Å². The Morgan fingerprint density at radius 1 is 1.18 bits per heavy atom. The van der Waals surface area contributed by atoms with E-state index in [1.165, 1.54) is 0 Å². The smallest absolute Gasteiger partial charge is 0.224 e. The molecule has 0 fully saturated rings. The second kappa shape index (κ2) is 6.71. The van der Waals surface area contributed by atoms with Gasteiger partial charge in [0.05, 0.1) is 13.0 Å². The number of rotatable bonds is 4. The molecule has 1 aliphatic rings. The predicted octanol–water partition coefficient (Wildman–Crippen LogP) is 2.84. The van der Waals surface area contributed by atoms with Crippen LogP contribution in [0.5, 0.6) is 11.5 Å². The molecule has 3 rings (SSSR count). The van der Waals surface area contributed by atoms with E-state index < -0.39 is 0 Å². The number of hydrogen-bond donors (Lipinski definition) is 1. The van der Waals surface area contributed by atoms with Crippen LogP contribution in [0.1, 0.15) is 5.56 Å². The summed E-state index contributed by atoms with van der Waals surface area (Å²) in [7, 11) is 0. The summed E-state index contributed by atoms with van der Waals surface area (Å²) in [5, 5.41) is 3.49. The van der Waals surface area contributed by atoms with Crippen LogP contribution in [0, 0.1) is 0 Å². The van der Waals surface area contributed by atoms with E-state index in [1.807, 2.05) is 36.4 Å². The summed E-state index contributed by atoms with van der Waals surface area (Å²) < 4.78 is 11.4. The molecule has 0 unspecified atom stereocenters. The Hall–Kier alpha value is -2.20. The van der Waals surface area contributed by atoms with Gasteiger partial charge < -0.3 is 14.8 Å². The number of benzene rings is 2. The van der Waals surface area contributed by atoms with Gasteiger partial charge in [0.15, 0.2) is 11.5 Å². The molecule has 0 saturated carbocycles. The minimum absolute atomic E-state index is 0.0651. The molecule has 0 aromatic heterocycles. The van der Waals surface area contributed by atoms with Gasteiger partial charge in [0.1, 0.15) is 12.7 Å². The molecule has 1 amide bonds. The molecule has 1 aliphatic heterocycles. The van der Waals surface area contributed by atoms with E-state index in [2.05, 4.69) is 5.32 Å². The Kier molecular flexibility index (Phi) is 4.49. The number of halogens is 1. The number of amides is 1. The Morgan fingerprint density at radius 2 is 2.00 bits per heavy atom. The average molecular weight is 318 g/mol. The Labute approximate surface area is 134 Å². The van der Waals surface area contributed by atoms with Crippen molar-refractivity contribution in [2.45, 2.75) is 12.5 Å². The number of carbonyl (C=O) groups is 1. The molecule has 0 bridgehead atoms. The molecule has 1 heterocycles. The Balaban J connectivity index is 1.50. The maximum atomic E-state index is 12.0. The Morgan fingerprint density at radius 3 is 2.82 bits per heavy atom. The van der Waals surface area contributed by atoms with Crippen molar-refractivity contribution in [2.75, 3.05) is 13.2 Å². The second-order valence-corrected chi connectivity index (χ2v) is 5.54. The van der Waals surface area contributed by atoms with Crippen molar-refractivity contribution < 1.29 is 14.3 Å². The maximum absolute atomic E-state index is 12.0. The van der Waals surface area contributed by atoms with Crippen molar-refractivity contribution in [3.05, 3.63) is 59.1 Å². The van der Waals surface area contributed by atoms with Crippen LogP contribution < -0.4 is 14.8 Å². The minimum atomic E-state index is -0.182. The van der Waals surface area contributed by atoms with Gasteiger partial charge in [-0.25, -0.2) is 0 Å². The minimum Gasteiger partial charge on any atom is -0.486 e. The zero-order valence-electron chi connectivity index (χ0n) is 11.9. The molecular weight excluding hydrogens is 302 g/mol. The largest absolute Gasteiger partial charge is 0.486 e. The van der Waals surface area contributed by atoms with Crippen LogP contribution in [0.25, 0.3) is 0 Å². The van der Waals surface area contributed by atoms with Gasteiger partial charge in [-0.05, 0) is 29.8 Å². The van der Waals surface area contributed by atoms with Crippen LogP contribution in [-0.4, -0.2) is 25.2 Å². The van der Waals surface area contributed by atoms with Crippen molar-refractivity contribution >= 4 is 17.5 Å². The fourth-order valence-corrected chi connectivity index (χ4v) is 2.50. The molecule has 0 radical (unpaired) electrons. The molecule has 1 atom stereocenters.